The van der Waals surface area contributed by atoms with E-state index in [1.165, 1.54) is 0 Å². The fraction of sp³-hybridized carbons (Fsp3) is 0.304. The van der Waals surface area contributed by atoms with Crippen molar-refractivity contribution < 1.29 is 9.53 Å². The third kappa shape index (κ3) is 5.03. The van der Waals surface area contributed by atoms with Crippen molar-refractivity contribution in [3.05, 3.63) is 75.1 Å². The fourth-order valence-electron chi connectivity index (χ4n) is 3.43. The van der Waals surface area contributed by atoms with Crippen molar-refractivity contribution in [1.82, 2.24) is 9.88 Å². The first-order chi connectivity index (χ1) is 13.9. The lowest BCUT2D eigenvalue weighted by Gasteiger charge is -2.23. The van der Waals surface area contributed by atoms with Gasteiger partial charge in [0.1, 0.15) is 0 Å². The molecule has 0 aliphatic rings. The number of urea groups is 1. The normalized spacial score (nSPS) is 10.9. The Kier molecular flexibility index (Phi) is 6.34. The van der Waals surface area contributed by atoms with Crippen LogP contribution in [0.5, 0.6) is 0 Å². The van der Waals surface area contributed by atoms with Crippen molar-refractivity contribution in [2.45, 2.75) is 27.3 Å². The van der Waals surface area contributed by atoms with Crippen LogP contribution in [-0.4, -0.2) is 36.2 Å². The second kappa shape index (κ2) is 8.92. The van der Waals surface area contributed by atoms with Crippen molar-refractivity contribution in [1.29, 1.82) is 0 Å². The van der Waals surface area contributed by atoms with Gasteiger partial charge < -0.3 is 19.9 Å². The molecule has 1 heterocycles. The lowest BCUT2D eigenvalue weighted by molar-refractivity contribution is 0.152. The minimum atomic E-state index is -0.271. The molecule has 0 saturated heterocycles. The van der Waals surface area contributed by atoms with Gasteiger partial charge in [0.2, 0.25) is 0 Å². The number of methoxy groups -OCH3 is 1. The van der Waals surface area contributed by atoms with Crippen LogP contribution in [0.25, 0.3) is 10.9 Å². The SMILES string of the molecule is COCCN(Cc1cc2cc(C)cc(C)c2[nH]c1=O)C(=O)Nc1cccc(C)c1. The summed E-state index contributed by atoms with van der Waals surface area (Å²) in [6.07, 6.45) is 0. The minimum Gasteiger partial charge on any atom is -0.383 e. The molecule has 0 bridgehead atoms. The minimum absolute atomic E-state index is 0.185. The number of anilines is 1. The molecule has 0 fully saturated rings. The zero-order valence-electron chi connectivity index (χ0n) is 17.3. The molecule has 2 amide bonds. The number of fused-ring (bicyclic) bond motifs is 1. The van der Waals surface area contributed by atoms with Gasteiger partial charge >= 0.3 is 6.03 Å². The highest BCUT2D eigenvalue weighted by molar-refractivity contribution is 5.89. The molecular formula is C23H27N3O3. The zero-order chi connectivity index (χ0) is 21.0. The first-order valence-electron chi connectivity index (χ1n) is 9.62. The van der Waals surface area contributed by atoms with Crippen LogP contribution in [0, 0.1) is 20.8 Å². The van der Waals surface area contributed by atoms with E-state index in [-0.39, 0.29) is 18.1 Å². The molecule has 2 N–H and O–H groups in total. The number of nitrogens with zero attached hydrogens (tertiary/aromatic N) is 1. The number of hydrogen-bond acceptors (Lipinski definition) is 3. The van der Waals surface area contributed by atoms with E-state index in [1.807, 2.05) is 63.2 Å². The summed E-state index contributed by atoms with van der Waals surface area (Å²) in [5, 5.41) is 3.87. The van der Waals surface area contributed by atoms with Crippen LogP contribution >= 0.6 is 0 Å². The second-order valence-electron chi connectivity index (χ2n) is 7.38. The number of rotatable bonds is 6. The molecule has 1 aromatic heterocycles. The molecule has 6 nitrogen and oxygen atoms in total. The van der Waals surface area contributed by atoms with Gasteiger partial charge in [-0.25, -0.2) is 4.79 Å². The Balaban J connectivity index is 1.88. The number of H-pyrrole nitrogens is 1. The highest BCUT2D eigenvalue weighted by atomic mass is 16.5. The van der Waals surface area contributed by atoms with Gasteiger partial charge in [-0.15, -0.1) is 0 Å². The maximum Gasteiger partial charge on any atom is 0.322 e. The zero-order valence-corrected chi connectivity index (χ0v) is 17.3. The molecule has 2 aromatic carbocycles. The largest absolute Gasteiger partial charge is 0.383 e. The molecule has 0 radical (unpaired) electrons. The smallest absolute Gasteiger partial charge is 0.322 e. The summed E-state index contributed by atoms with van der Waals surface area (Å²) in [5.41, 5.74) is 5.11. The number of benzene rings is 2. The van der Waals surface area contributed by atoms with Gasteiger partial charge in [0.25, 0.3) is 5.56 Å². The van der Waals surface area contributed by atoms with E-state index in [0.717, 1.165) is 33.3 Å². The van der Waals surface area contributed by atoms with Crippen molar-refractivity contribution in [2.24, 2.45) is 0 Å². The van der Waals surface area contributed by atoms with Crippen molar-refractivity contribution in [3.8, 4) is 0 Å². The second-order valence-corrected chi connectivity index (χ2v) is 7.38. The van der Waals surface area contributed by atoms with E-state index in [0.29, 0.717) is 18.7 Å². The van der Waals surface area contributed by atoms with Crippen LogP contribution in [0.3, 0.4) is 0 Å². The Labute approximate surface area is 170 Å². The molecule has 0 atom stereocenters. The maximum atomic E-state index is 12.9. The lowest BCUT2D eigenvalue weighted by atomic mass is 10.1. The molecule has 0 unspecified atom stereocenters. The van der Waals surface area contributed by atoms with Crippen molar-refractivity contribution in [2.75, 3.05) is 25.6 Å². The average Bonchev–Trinajstić information content (AvgIpc) is 2.66. The number of carbonyl (C=O) groups is 1. The molecular weight excluding hydrogens is 366 g/mol. The van der Waals surface area contributed by atoms with Crippen LogP contribution < -0.4 is 10.9 Å². The van der Waals surface area contributed by atoms with Gasteiger partial charge in [-0.1, -0.05) is 23.8 Å². The van der Waals surface area contributed by atoms with Gasteiger partial charge in [-0.05, 0) is 61.5 Å². The van der Waals surface area contributed by atoms with Crippen molar-refractivity contribution >= 4 is 22.6 Å². The molecule has 152 valence electrons. The standard InChI is InChI=1S/C23H27N3O3/c1-15-6-5-7-20(12-15)24-23(28)26(8-9-29-4)14-19-13-18-11-16(2)10-17(3)21(18)25-22(19)27/h5-7,10-13H,8-9,14H2,1-4H3,(H,24,28)(H,25,27). The molecule has 0 saturated carbocycles. The van der Waals surface area contributed by atoms with E-state index in [4.69, 9.17) is 4.74 Å². The van der Waals surface area contributed by atoms with Gasteiger partial charge in [0, 0.05) is 24.9 Å². The molecule has 0 aliphatic carbocycles. The van der Waals surface area contributed by atoms with E-state index in [1.54, 1.807) is 12.0 Å². The average molecular weight is 393 g/mol. The third-order valence-corrected chi connectivity index (χ3v) is 4.85. The van der Waals surface area contributed by atoms with E-state index in [2.05, 4.69) is 10.3 Å². The predicted octanol–water partition coefficient (Wildman–Crippen LogP) is 4.13. The number of aromatic amines is 1. The number of ether oxygens (including phenoxy) is 1. The van der Waals surface area contributed by atoms with Gasteiger partial charge in [-0.2, -0.15) is 0 Å². The number of hydrogen-bond donors (Lipinski definition) is 2. The summed E-state index contributed by atoms with van der Waals surface area (Å²) < 4.78 is 5.15. The number of amides is 2. The van der Waals surface area contributed by atoms with Crippen LogP contribution in [0.4, 0.5) is 10.5 Å². The number of pyridine rings is 1. The predicted molar refractivity (Wildman–Crippen MR) is 117 cm³/mol. The summed E-state index contributed by atoms with van der Waals surface area (Å²) in [4.78, 5) is 30.1. The van der Waals surface area contributed by atoms with E-state index >= 15 is 0 Å². The van der Waals surface area contributed by atoms with Crippen LogP contribution in [0.1, 0.15) is 22.3 Å². The molecule has 0 aliphatic heterocycles. The quantitative estimate of drug-likeness (QED) is 0.661. The summed E-state index contributed by atoms with van der Waals surface area (Å²) >= 11 is 0. The monoisotopic (exact) mass is 393 g/mol. The van der Waals surface area contributed by atoms with Gasteiger partial charge in [0.05, 0.1) is 18.7 Å². The molecule has 29 heavy (non-hydrogen) atoms. The topological polar surface area (TPSA) is 74.4 Å². The molecule has 3 aromatic rings. The van der Waals surface area contributed by atoms with Gasteiger partial charge in [-0.3, -0.25) is 4.79 Å². The number of aromatic nitrogens is 1. The summed E-state index contributed by atoms with van der Waals surface area (Å²) in [7, 11) is 1.59. The van der Waals surface area contributed by atoms with E-state index in [9.17, 15) is 9.59 Å². The van der Waals surface area contributed by atoms with Crippen LogP contribution in [0.15, 0.2) is 47.3 Å². The number of nitrogens with one attached hydrogen (secondary N) is 2. The maximum absolute atomic E-state index is 12.9. The number of aryl methyl sites for hydroxylation is 3. The molecule has 6 heteroatoms. The Morgan fingerprint density at radius 1 is 1.10 bits per heavy atom. The fourth-order valence-corrected chi connectivity index (χ4v) is 3.43. The Bertz CT molecular complexity index is 1090. The molecule has 3 rings (SSSR count). The third-order valence-electron chi connectivity index (χ3n) is 4.85. The van der Waals surface area contributed by atoms with Crippen molar-refractivity contribution in [3.63, 3.8) is 0 Å². The number of carbonyl (C=O) groups excluding carboxylic acids is 1. The Morgan fingerprint density at radius 2 is 1.90 bits per heavy atom. The molecule has 0 spiro atoms. The summed E-state index contributed by atoms with van der Waals surface area (Å²) in [6.45, 7) is 6.92. The first-order valence-corrected chi connectivity index (χ1v) is 9.62. The van der Waals surface area contributed by atoms with Gasteiger partial charge in [0.15, 0.2) is 0 Å². The van der Waals surface area contributed by atoms with E-state index < -0.39 is 0 Å². The van der Waals surface area contributed by atoms with Crippen LogP contribution in [0.2, 0.25) is 0 Å². The highest BCUT2D eigenvalue weighted by Gasteiger charge is 2.17. The lowest BCUT2D eigenvalue weighted by Crippen LogP contribution is -2.38. The highest BCUT2D eigenvalue weighted by Crippen LogP contribution is 2.19. The Hall–Kier alpha value is -3.12. The summed E-state index contributed by atoms with van der Waals surface area (Å²) in [5.74, 6) is 0. The Morgan fingerprint density at radius 3 is 2.62 bits per heavy atom. The summed E-state index contributed by atoms with van der Waals surface area (Å²) in [6, 6.07) is 13.3. The first kappa shape index (κ1) is 20.6. The van der Waals surface area contributed by atoms with Crippen LogP contribution in [-0.2, 0) is 11.3 Å².